The molecule has 7 N–H and O–H groups in total. The molecule has 0 saturated carbocycles. The van der Waals surface area contributed by atoms with Gasteiger partial charge in [-0.2, -0.15) is 0 Å². The van der Waals surface area contributed by atoms with Crippen LogP contribution in [0.15, 0.2) is 0 Å². The fourth-order valence-electron chi connectivity index (χ4n) is 2.57. The van der Waals surface area contributed by atoms with Crippen molar-refractivity contribution in [2.45, 2.75) is 60.6 Å². The van der Waals surface area contributed by atoms with Gasteiger partial charge in [-0.3, -0.25) is 0 Å². The number of thiol groups is 1. The van der Waals surface area contributed by atoms with Gasteiger partial charge in [0, 0.05) is 0 Å². The van der Waals surface area contributed by atoms with E-state index < -0.39 is 73.8 Å². The van der Waals surface area contributed by atoms with E-state index in [0.717, 1.165) is 0 Å². The van der Waals surface area contributed by atoms with Gasteiger partial charge in [-0.15, -0.1) is 12.6 Å². The van der Waals surface area contributed by atoms with Crippen molar-refractivity contribution in [3.05, 3.63) is 0 Å². The molecule has 2 saturated heterocycles. The molecular weight excluding hydrogens is 336 g/mol. The second-order valence-electron chi connectivity index (χ2n) is 5.53. The molecule has 10 atom stereocenters. The zero-order chi connectivity index (χ0) is 17.3. The molecule has 0 aromatic rings. The lowest BCUT2D eigenvalue weighted by molar-refractivity contribution is -0.338. The van der Waals surface area contributed by atoms with Crippen molar-refractivity contribution in [3.8, 4) is 0 Å². The van der Waals surface area contributed by atoms with Crippen molar-refractivity contribution >= 4 is 12.6 Å². The monoisotopic (exact) mass is 358 g/mol. The average Bonchev–Trinajstić information content (AvgIpc) is 2.55. The Balaban J connectivity index is 2.11. The minimum absolute atomic E-state index is 0.567. The summed E-state index contributed by atoms with van der Waals surface area (Å²) in [6.07, 6.45) is -12.9. The lowest BCUT2D eigenvalue weighted by atomic mass is 9.97. The second-order valence-corrected chi connectivity index (χ2v) is 6.04. The van der Waals surface area contributed by atoms with Gasteiger partial charge in [0.1, 0.15) is 54.3 Å². The molecule has 136 valence electrons. The van der Waals surface area contributed by atoms with Crippen LogP contribution in [-0.4, -0.2) is 110 Å². The zero-order valence-corrected chi connectivity index (χ0v) is 12.9. The summed E-state index contributed by atoms with van der Waals surface area (Å²) in [5.74, 6) is 0. The van der Waals surface area contributed by atoms with E-state index in [1.165, 1.54) is 0 Å². The Morgan fingerprint density at radius 3 is 1.91 bits per heavy atom. The summed E-state index contributed by atoms with van der Waals surface area (Å²) in [5.41, 5.74) is -1.04. The number of rotatable bonds is 4. The van der Waals surface area contributed by atoms with Gasteiger partial charge in [0.05, 0.1) is 13.2 Å². The molecule has 0 aromatic carbocycles. The van der Waals surface area contributed by atoms with Crippen molar-refractivity contribution in [1.29, 1.82) is 0 Å². The van der Waals surface area contributed by atoms with Crippen LogP contribution in [0.3, 0.4) is 0 Å². The predicted molar refractivity (Wildman–Crippen MR) is 75.4 cm³/mol. The standard InChI is InChI=1S/C12H22O10S/c13-1-3-5(15)6(16)8(18)11(20-3)22-10-4(2-14)21-12(23)9(19)7(10)17/h3-19,23H,1-2H2/t3?,4?,5-,6+,7-,8?,9?,10-,11+,12+/m1/s1. The van der Waals surface area contributed by atoms with E-state index in [2.05, 4.69) is 12.6 Å². The quantitative estimate of drug-likeness (QED) is 0.229. The highest BCUT2D eigenvalue weighted by molar-refractivity contribution is 7.80. The van der Waals surface area contributed by atoms with Crippen LogP contribution >= 0.6 is 12.6 Å². The average molecular weight is 358 g/mol. The third-order valence-corrected chi connectivity index (χ3v) is 4.41. The van der Waals surface area contributed by atoms with Crippen LogP contribution in [-0.2, 0) is 14.2 Å². The van der Waals surface area contributed by atoms with Gasteiger partial charge in [0.15, 0.2) is 6.29 Å². The number of ether oxygens (including phenoxy) is 3. The van der Waals surface area contributed by atoms with Crippen LogP contribution in [0.1, 0.15) is 0 Å². The maximum Gasteiger partial charge on any atom is 0.187 e. The first-order valence-electron chi connectivity index (χ1n) is 7.08. The molecule has 0 bridgehead atoms. The molecule has 2 heterocycles. The molecule has 2 aliphatic heterocycles. The summed E-state index contributed by atoms with van der Waals surface area (Å²) in [6, 6.07) is 0. The molecule has 2 fully saturated rings. The molecule has 0 amide bonds. The highest BCUT2D eigenvalue weighted by atomic mass is 32.1. The molecule has 23 heavy (non-hydrogen) atoms. The fourth-order valence-corrected chi connectivity index (χ4v) is 2.90. The van der Waals surface area contributed by atoms with Gasteiger partial charge in [0.25, 0.3) is 0 Å². The van der Waals surface area contributed by atoms with Gasteiger partial charge in [-0.1, -0.05) is 0 Å². The first-order chi connectivity index (χ1) is 10.8. The second kappa shape index (κ2) is 7.89. The van der Waals surface area contributed by atoms with Crippen molar-refractivity contribution in [1.82, 2.24) is 0 Å². The molecule has 0 aliphatic carbocycles. The van der Waals surface area contributed by atoms with E-state index in [-0.39, 0.29) is 0 Å². The van der Waals surface area contributed by atoms with Crippen molar-refractivity contribution in [2.24, 2.45) is 0 Å². The Kier molecular flexibility index (Phi) is 6.61. The first kappa shape index (κ1) is 19.3. The Hall–Kier alpha value is -0.0500. The molecule has 2 aliphatic rings. The topological polar surface area (TPSA) is 169 Å². The first-order valence-corrected chi connectivity index (χ1v) is 7.60. The van der Waals surface area contributed by atoms with E-state index in [1.807, 2.05) is 0 Å². The fraction of sp³-hybridized carbons (Fsp3) is 1.00. The molecule has 0 aromatic heterocycles. The third-order valence-electron chi connectivity index (χ3n) is 3.98. The van der Waals surface area contributed by atoms with E-state index >= 15 is 0 Å². The summed E-state index contributed by atoms with van der Waals surface area (Å²) < 4.78 is 15.7. The predicted octanol–water partition coefficient (Wildman–Crippen LogP) is -4.46. The minimum atomic E-state index is -1.68. The Morgan fingerprint density at radius 2 is 1.35 bits per heavy atom. The van der Waals surface area contributed by atoms with Crippen LogP contribution in [0.2, 0.25) is 0 Å². The Morgan fingerprint density at radius 1 is 0.739 bits per heavy atom. The largest absolute Gasteiger partial charge is 0.394 e. The summed E-state index contributed by atoms with van der Waals surface area (Å²) in [4.78, 5) is 0. The van der Waals surface area contributed by atoms with Gasteiger partial charge in [0.2, 0.25) is 0 Å². The number of hydrogen-bond acceptors (Lipinski definition) is 11. The number of hydrogen-bond donors (Lipinski definition) is 8. The highest BCUT2D eigenvalue weighted by Gasteiger charge is 2.49. The van der Waals surface area contributed by atoms with Crippen LogP contribution in [0.4, 0.5) is 0 Å². The SMILES string of the molecule is OCC1O[C@@H](O[C@@H]2C(CO)O[C@@H](S)C(O)[C@H]2O)C(O)[C@@H](O)[C@@H]1O. The summed E-state index contributed by atoms with van der Waals surface area (Å²) in [6.45, 7) is -1.21. The minimum Gasteiger partial charge on any atom is -0.394 e. The summed E-state index contributed by atoms with van der Waals surface area (Å²) >= 11 is 3.92. The van der Waals surface area contributed by atoms with E-state index in [4.69, 9.17) is 19.3 Å². The smallest absolute Gasteiger partial charge is 0.187 e. The molecule has 0 radical (unpaired) electrons. The number of aliphatic hydroxyl groups is 7. The van der Waals surface area contributed by atoms with Gasteiger partial charge < -0.3 is 50.0 Å². The normalized spacial score (nSPS) is 51.7. The number of aliphatic hydroxyl groups excluding tert-OH is 7. The Labute approximate surface area is 137 Å². The van der Waals surface area contributed by atoms with Crippen molar-refractivity contribution in [2.75, 3.05) is 13.2 Å². The molecule has 0 spiro atoms. The zero-order valence-electron chi connectivity index (χ0n) is 12.0. The molecule has 11 heteroatoms. The van der Waals surface area contributed by atoms with Crippen molar-refractivity contribution < 1.29 is 50.0 Å². The summed E-state index contributed by atoms with van der Waals surface area (Å²) in [5, 5.41) is 67.6. The van der Waals surface area contributed by atoms with E-state index in [0.29, 0.717) is 0 Å². The van der Waals surface area contributed by atoms with Crippen LogP contribution in [0.5, 0.6) is 0 Å². The molecular formula is C12H22O10S. The molecule has 10 nitrogen and oxygen atoms in total. The van der Waals surface area contributed by atoms with Gasteiger partial charge in [-0.05, 0) is 0 Å². The molecule has 2 rings (SSSR count). The van der Waals surface area contributed by atoms with Crippen molar-refractivity contribution in [3.63, 3.8) is 0 Å². The van der Waals surface area contributed by atoms with Crippen LogP contribution in [0.25, 0.3) is 0 Å². The van der Waals surface area contributed by atoms with E-state index in [1.54, 1.807) is 0 Å². The van der Waals surface area contributed by atoms with E-state index in [9.17, 15) is 30.6 Å². The molecule has 4 unspecified atom stereocenters. The van der Waals surface area contributed by atoms with Gasteiger partial charge in [-0.25, -0.2) is 0 Å². The van der Waals surface area contributed by atoms with Gasteiger partial charge >= 0.3 is 0 Å². The maximum atomic E-state index is 10.1. The lowest BCUT2D eigenvalue weighted by Crippen LogP contribution is -2.63. The summed E-state index contributed by atoms with van der Waals surface area (Å²) in [7, 11) is 0. The lowest BCUT2D eigenvalue weighted by Gasteiger charge is -2.45. The third kappa shape index (κ3) is 3.80. The van der Waals surface area contributed by atoms with Crippen LogP contribution in [0, 0.1) is 0 Å². The maximum absolute atomic E-state index is 10.1. The van der Waals surface area contributed by atoms with Crippen LogP contribution < -0.4 is 0 Å². The highest BCUT2D eigenvalue weighted by Crippen LogP contribution is 2.29. The Bertz CT molecular complexity index is 383.